The second-order valence-electron chi connectivity index (χ2n) is 24.9. The summed E-state index contributed by atoms with van der Waals surface area (Å²) in [6.45, 7) is -1.36. The predicted molar refractivity (Wildman–Crippen MR) is 364 cm³/mol. The van der Waals surface area contributed by atoms with Gasteiger partial charge in [-0.1, -0.05) is 176 Å². The molecule has 0 saturated heterocycles. The fourth-order valence-electron chi connectivity index (χ4n) is 13.9. The van der Waals surface area contributed by atoms with Crippen LogP contribution in [-0.2, 0) is 50.3 Å². The van der Waals surface area contributed by atoms with Gasteiger partial charge in [0, 0.05) is 31.3 Å². The Morgan fingerprint density at radius 1 is 0.596 bits per heavy atom. The molecule has 0 spiro atoms. The van der Waals surface area contributed by atoms with E-state index in [1.807, 2.05) is 115 Å². The molecule has 3 atom stereocenters. The van der Waals surface area contributed by atoms with E-state index in [2.05, 4.69) is 76.9 Å². The van der Waals surface area contributed by atoms with Crippen LogP contribution in [0.2, 0.25) is 0 Å². The maximum absolute atomic E-state index is 16.2. The van der Waals surface area contributed by atoms with Crippen LogP contribution >= 0.6 is 0 Å². The number of amides is 7. The van der Waals surface area contributed by atoms with E-state index in [1.54, 1.807) is 35.0 Å². The fourth-order valence-corrected chi connectivity index (χ4v) is 13.9. The normalized spacial score (nSPS) is 16.3. The number of rotatable bonds is 29. The number of hydrogen-bond acceptors (Lipinski definition) is 14. The molecule has 4 aliphatic carbocycles. The molecule has 8 N–H and O–H groups in total. The average Bonchev–Trinajstić information content (AvgIpc) is 1.65. The third-order valence-corrected chi connectivity index (χ3v) is 18.6. The number of alkyl carbamates (subject to hydrolysis) is 1. The van der Waals surface area contributed by atoms with Crippen LogP contribution in [-0.4, -0.2) is 118 Å². The van der Waals surface area contributed by atoms with Crippen molar-refractivity contribution in [2.24, 2.45) is 17.8 Å². The number of halogens is 2. The zero-order valence-corrected chi connectivity index (χ0v) is 54.1. The Labute approximate surface area is 569 Å². The van der Waals surface area contributed by atoms with Gasteiger partial charge in [0.2, 0.25) is 35.4 Å². The van der Waals surface area contributed by atoms with Gasteiger partial charge in [0.1, 0.15) is 36.4 Å². The average molecular weight is 1340 g/mol. The SMILES string of the molecule is O=C(CCCCCNC(=O)OCC1c2ccccc2-c2ccccc21)NCC(=O)NCC(=O)N[C@@H](Cc1ccccc1)C(=O)NCC(=O)NCONC(=O)[C@H]1C2CCC(CC2)[C@@H]1Nc1nc(-c2nn(C(c3ccccc3)(c3ccccc3)c3ccccc3)c3ncc(F)cc23)ncc1F. The van der Waals surface area contributed by atoms with Gasteiger partial charge in [-0.2, -0.15) is 5.10 Å². The molecule has 0 unspecified atom stereocenters. The number of unbranched alkanes of at least 4 members (excludes halogenated alkanes) is 2. The van der Waals surface area contributed by atoms with Gasteiger partial charge in [0.05, 0.1) is 43.3 Å². The minimum Gasteiger partial charge on any atom is -0.449 e. The number of hydrogen-bond donors (Lipinski definition) is 8. The molecule has 2 bridgehead atoms. The van der Waals surface area contributed by atoms with E-state index in [1.165, 1.54) is 6.07 Å². The lowest BCUT2D eigenvalue weighted by Gasteiger charge is -2.48. The van der Waals surface area contributed by atoms with Crippen LogP contribution in [0, 0.1) is 29.4 Å². The lowest BCUT2D eigenvalue weighted by molar-refractivity contribution is -0.146. The van der Waals surface area contributed by atoms with Crippen molar-refractivity contribution in [1.82, 2.24) is 62.1 Å². The highest BCUT2D eigenvalue weighted by Crippen LogP contribution is 2.48. The van der Waals surface area contributed by atoms with Crippen molar-refractivity contribution in [3.8, 4) is 22.6 Å². The van der Waals surface area contributed by atoms with E-state index in [0.29, 0.717) is 37.0 Å². The van der Waals surface area contributed by atoms with Gasteiger partial charge in [-0.3, -0.25) is 33.6 Å². The standard InChI is InChI=1S/C75H75F2N13O9/c76-53-39-58-68(88-90(71(58)82-40-53)75(50-22-8-2-9-23-50,51-24-10-3-11-25-51)52-26-12-4-13-27-52)70-81-41-60(77)69(87-70)86-67-49-35-33-48(34-36-49)66(67)73(96)89-99-46-84-64(93)43-83-72(95)61(38-47-20-6-1-7-21-47)85-65(94)44-80-63(92)42-79-62(91)32-14-5-19-37-78-74(97)98-45-59-56-30-17-15-28-54(56)55-29-16-18-31-57(55)59/h1-4,6-13,15-18,20-31,39-41,48-49,59,61,66-67H,5,14,19,32-38,42-46H2,(H,78,97)(H,79,91)(H,80,92)(H,83,95)(H,84,93)(H,85,94)(H,89,96)(H,81,86,87)/t48?,49?,61-,66-,67-/m0/s1. The molecular formula is C75H75F2N13O9. The van der Waals surface area contributed by atoms with Crippen LogP contribution in [0.5, 0.6) is 0 Å². The Hall–Kier alpha value is -11.3. The third kappa shape index (κ3) is 15.8. The van der Waals surface area contributed by atoms with E-state index in [-0.39, 0.29) is 65.8 Å². The molecule has 0 radical (unpaired) electrons. The molecule has 3 saturated carbocycles. The smallest absolute Gasteiger partial charge is 0.407 e. The first-order valence-electron chi connectivity index (χ1n) is 33.2. The molecule has 6 aromatic carbocycles. The molecule has 24 heteroatoms. The van der Waals surface area contributed by atoms with Gasteiger partial charge >= 0.3 is 6.09 Å². The number of pyridine rings is 1. The quantitative estimate of drug-likeness (QED) is 0.00944. The molecule has 3 fully saturated rings. The van der Waals surface area contributed by atoms with E-state index in [9.17, 15) is 33.6 Å². The summed E-state index contributed by atoms with van der Waals surface area (Å²) in [6.07, 6.45) is 6.56. The van der Waals surface area contributed by atoms with Crippen molar-refractivity contribution in [2.75, 3.05) is 44.8 Å². The first-order valence-corrected chi connectivity index (χ1v) is 33.2. The van der Waals surface area contributed by atoms with Gasteiger partial charge in [0.25, 0.3) is 0 Å². The second kappa shape index (κ2) is 31.7. The zero-order valence-electron chi connectivity index (χ0n) is 54.1. The summed E-state index contributed by atoms with van der Waals surface area (Å²) in [7, 11) is 0. The van der Waals surface area contributed by atoms with Crippen LogP contribution in [0.1, 0.15) is 90.7 Å². The number of nitrogens with one attached hydrogen (secondary N) is 8. The molecule has 7 amide bonds. The summed E-state index contributed by atoms with van der Waals surface area (Å²) in [5, 5.41) is 24.1. The maximum atomic E-state index is 16.2. The summed E-state index contributed by atoms with van der Waals surface area (Å²) in [5.41, 5.74) is 9.47. The summed E-state index contributed by atoms with van der Waals surface area (Å²) in [4.78, 5) is 111. The summed E-state index contributed by atoms with van der Waals surface area (Å²) >= 11 is 0. The molecule has 508 valence electrons. The van der Waals surface area contributed by atoms with Crippen LogP contribution in [0.4, 0.5) is 19.4 Å². The van der Waals surface area contributed by atoms with Gasteiger partial charge in [-0.15, -0.1) is 0 Å². The molecule has 4 aliphatic rings. The molecular weight excluding hydrogens is 1260 g/mol. The van der Waals surface area contributed by atoms with Crippen molar-refractivity contribution in [3.63, 3.8) is 0 Å². The molecule has 3 heterocycles. The second-order valence-corrected chi connectivity index (χ2v) is 24.9. The highest BCUT2D eigenvalue weighted by Gasteiger charge is 2.48. The van der Waals surface area contributed by atoms with Crippen LogP contribution < -0.4 is 42.7 Å². The topological polar surface area (TPSA) is 291 Å². The number of ether oxygens (including phenoxy) is 1. The van der Waals surface area contributed by atoms with Crippen molar-refractivity contribution >= 4 is 58.4 Å². The molecule has 13 rings (SSSR count). The van der Waals surface area contributed by atoms with Gasteiger partial charge in [0.15, 0.2) is 23.1 Å². The number of anilines is 1. The predicted octanol–water partition coefficient (Wildman–Crippen LogP) is 8.52. The summed E-state index contributed by atoms with van der Waals surface area (Å²) in [6, 6.07) is 53.8. The van der Waals surface area contributed by atoms with E-state index in [4.69, 9.17) is 19.7 Å². The number of carbonyl (C=O) groups is 7. The molecule has 22 nitrogen and oxygen atoms in total. The summed E-state index contributed by atoms with van der Waals surface area (Å²) in [5.74, 6) is -6.16. The lowest BCUT2D eigenvalue weighted by Crippen LogP contribution is -2.54. The van der Waals surface area contributed by atoms with Crippen LogP contribution in [0.25, 0.3) is 33.7 Å². The Bertz CT molecular complexity index is 4210. The largest absolute Gasteiger partial charge is 0.449 e. The Morgan fingerprint density at radius 2 is 1.17 bits per heavy atom. The van der Waals surface area contributed by atoms with E-state index < -0.39 is 97.2 Å². The number of aromatic nitrogens is 5. The highest BCUT2D eigenvalue weighted by atomic mass is 19.1. The van der Waals surface area contributed by atoms with E-state index >= 15 is 8.78 Å². The lowest BCUT2D eigenvalue weighted by atomic mass is 9.61. The maximum Gasteiger partial charge on any atom is 0.407 e. The highest BCUT2D eigenvalue weighted by molar-refractivity contribution is 5.93. The minimum atomic E-state index is -1.17. The van der Waals surface area contributed by atoms with Crippen molar-refractivity contribution < 1.29 is 51.9 Å². The molecule has 99 heavy (non-hydrogen) atoms. The Morgan fingerprint density at radius 3 is 1.83 bits per heavy atom. The molecule has 3 aromatic heterocycles. The van der Waals surface area contributed by atoms with Gasteiger partial charge in [-0.25, -0.2) is 38.7 Å². The number of fused-ring (bicyclic) bond motifs is 7. The zero-order chi connectivity index (χ0) is 68.7. The van der Waals surface area contributed by atoms with Crippen molar-refractivity contribution in [3.05, 3.63) is 233 Å². The first kappa shape index (κ1) is 67.7. The van der Waals surface area contributed by atoms with E-state index in [0.717, 1.165) is 77.0 Å². The fraction of sp³-hybridized carbons (Fsp3) is 0.293. The molecule has 9 aromatic rings. The van der Waals surface area contributed by atoms with Crippen molar-refractivity contribution in [2.45, 2.75) is 81.3 Å². The first-order chi connectivity index (χ1) is 48.3. The van der Waals surface area contributed by atoms with Crippen LogP contribution in [0.15, 0.2) is 188 Å². The Kier molecular flexibility index (Phi) is 21.7. The van der Waals surface area contributed by atoms with Crippen LogP contribution in [0.3, 0.4) is 0 Å². The van der Waals surface area contributed by atoms with Crippen molar-refractivity contribution in [1.29, 1.82) is 0 Å². The van der Waals surface area contributed by atoms with Gasteiger partial charge < -0.3 is 42.0 Å². The van der Waals surface area contributed by atoms with Gasteiger partial charge in [-0.05, 0) is 101 Å². The number of benzene rings is 6. The number of nitrogens with zero attached hydrogens (tertiary/aromatic N) is 5. The third-order valence-electron chi connectivity index (χ3n) is 18.6. The summed E-state index contributed by atoms with van der Waals surface area (Å²) < 4.78 is 39.0. The number of carbonyl (C=O) groups excluding carboxylic acids is 7. The minimum absolute atomic E-state index is 0.0185. The molecule has 0 aliphatic heterocycles. The Balaban J connectivity index is 0.595. The monoisotopic (exact) mass is 1340 g/mol. The number of hydroxylamine groups is 1.